The zero-order chi connectivity index (χ0) is 18.0. The predicted molar refractivity (Wildman–Crippen MR) is 99.9 cm³/mol. The van der Waals surface area contributed by atoms with Gasteiger partial charge in [0.2, 0.25) is 0 Å². The minimum absolute atomic E-state index is 0.153. The van der Waals surface area contributed by atoms with Gasteiger partial charge < -0.3 is 14.8 Å². The molecule has 3 rings (SSSR count). The summed E-state index contributed by atoms with van der Waals surface area (Å²) in [5.41, 5.74) is 1.44. The van der Waals surface area contributed by atoms with E-state index in [-0.39, 0.29) is 5.56 Å². The average Bonchev–Trinajstić information content (AvgIpc) is 3.02. The quantitative estimate of drug-likeness (QED) is 0.537. The summed E-state index contributed by atoms with van der Waals surface area (Å²) in [6.07, 6.45) is 0. The van der Waals surface area contributed by atoms with Gasteiger partial charge in [-0.2, -0.15) is 0 Å². The topological polar surface area (TPSA) is 62.5 Å². The molecule has 0 unspecified atom stereocenters. The molecule has 0 aliphatic carbocycles. The van der Waals surface area contributed by atoms with Gasteiger partial charge in [-0.3, -0.25) is 0 Å². The van der Waals surface area contributed by atoms with Crippen LogP contribution in [0.5, 0.6) is 0 Å². The second-order valence-electron chi connectivity index (χ2n) is 5.28. The number of halogens is 3. The summed E-state index contributed by atoms with van der Waals surface area (Å²) in [4.78, 5) is 11.0. The van der Waals surface area contributed by atoms with Crippen molar-refractivity contribution in [1.82, 2.24) is 0 Å². The summed E-state index contributed by atoms with van der Waals surface area (Å²) in [6.45, 7) is 0.344. The molecule has 128 valence electrons. The largest absolute Gasteiger partial charge is 0.478 e. The van der Waals surface area contributed by atoms with Crippen LogP contribution in [0, 0.1) is 0 Å². The molecule has 25 heavy (non-hydrogen) atoms. The third kappa shape index (κ3) is 4.28. The predicted octanol–water partition coefficient (Wildman–Crippen LogP) is 6.22. The summed E-state index contributed by atoms with van der Waals surface area (Å²) < 4.78 is 5.78. The third-order valence-electron chi connectivity index (χ3n) is 3.48. The van der Waals surface area contributed by atoms with Crippen molar-refractivity contribution in [3.63, 3.8) is 0 Å². The minimum Gasteiger partial charge on any atom is -0.478 e. The maximum atomic E-state index is 11.0. The van der Waals surface area contributed by atoms with Gasteiger partial charge in [0.15, 0.2) is 0 Å². The monoisotopic (exact) mass is 395 g/mol. The molecule has 3 aromatic rings. The molecule has 0 saturated heterocycles. The van der Waals surface area contributed by atoms with Crippen molar-refractivity contribution in [2.45, 2.75) is 6.54 Å². The Hall–Kier alpha value is -2.14. The van der Waals surface area contributed by atoms with Crippen molar-refractivity contribution in [1.29, 1.82) is 0 Å². The Bertz CT molecular complexity index is 917. The highest BCUT2D eigenvalue weighted by Crippen LogP contribution is 2.29. The molecule has 1 heterocycles. The van der Waals surface area contributed by atoms with Crippen molar-refractivity contribution in [2.75, 3.05) is 5.32 Å². The van der Waals surface area contributed by atoms with Gasteiger partial charge in [-0.05, 0) is 48.5 Å². The fraction of sp³-hybridized carbons (Fsp3) is 0.0556. The second kappa shape index (κ2) is 7.40. The molecular weight excluding hydrogens is 385 g/mol. The van der Waals surface area contributed by atoms with E-state index in [4.69, 9.17) is 44.3 Å². The van der Waals surface area contributed by atoms with E-state index in [2.05, 4.69) is 5.32 Å². The van der Waals surface area contributed by atoms with Gasteiger partial charge in [0.25, 0.3) is 0 Å². The molecule has 0 atom stereocenters. The van der Waals surface area contributed by atoms with E-state index in [1.54, 1.807) is 18.2 Å². The molecule has 0 radical (unpaired) electrons. The first-order chi connectivity index (χ1) is 11.9. The fourth-order valence-electron chi connectivity index (χ4n) is 2.30. The Morgan fingerprint density at radius 3 is 2.40 bits per heavy atom. The highest BCUT2D eigenvalue weighted by atomic mass is 35.5. The van der Waals surface area contributed by atoms with Crippen LogP contribution in [-0.2, 0) is 6.54 Å². The van der Waals surface area contributed by atoms with E-state index in [0.29, 0.717) is 38.8 Å². The number of furan rings is 1. The number of carboxylic acids is 1. The van der Waals surface area contributed by atoms with Crippen LogP contribution in [0.2, 0.25) is 15.1 Å². The van der Waals surface area contributed by atoms with E-state index >= 15 is 0 Å². The number of hydrogen-bond acceptors (Lipinski definition) is 3. The molecule has 0 aliphatic rings. The lowest BCUT2D eigenvalue weighted by molar-refractivity contribution is 0.0697. The molecule has 0 fully saturated rings. The highest BCUT2D eigenvalue weighted by molar-refractivity contribution is 6.35. The molecule has 0 spiro atoms. The summed E-state index contributed by atoms with van der Waals surface area (Å²) in [7, 11) is 0. The summed E-state index contributed by atoms with van der Waals surface area (Å²) in [5.74, 6) is 0.271. The first-order valence-electron chi connectivity index (χ1n) is 7.24. The zero-order valence-electron chi connectivity index (χ0n) is 12.7. The number of carbonyl (C=O) groups is 1. The van der Waals surface area contributed by atoms with E-state index in [1.165, 1.54) is 18.2 Å². The molecule has 0 bridgehead atoms. The maximum absolute atomic E-state index is 11.0. The van der Waals surface area contributed by atoms with Crippen molar-refractivity contribution >= 4 is 46.5 Å². The van der Waals surface area contributed by atoms with Crippen molar-refractivity contribution in [3.05, 3.63) is 74.9 Å². The molecule has 2 aromatic carbocycles. The minimum atomic E-state index is -1.02. The lowest BCUT2D eigenvalue weighted by Crippen LogP contribution is -2.02. The Morgan fingerprint density at radius 1 is 1.00 bits per heavy atom. The number of rotatable bonds is 5. The molecule has 7 heteroatoms. The molecule has 0 aliphatic heterocycles. The van der Waals surface area contributed by atoms with E-state index in [9.17, 15) is 4.79 Å². The van der Waals surface area contributed by atoms with Gasteiger partial charge in [0, 0.05) is 15.6 Å². The Kier molecular flexibility index (Phi) is 5.23. The van der Waals surface area contributed by atoms with Gasteiger partial charge in [-0.25, -0.2) is 4.79 Å². The van der Waals surface area contributed by atoms with Gasteiger partial charge in [-0.15, -0.1) is 0 Å². The molecular formula is C18H12Cl3NO3. The lowest BCUT2D eigenvalue weighted by Gasteiger charge is -2.08. The van der Waals surface area contributed by atoms with Crippen molar-refractivity contribution in [2.24, 2.45) is 0 Å². The summed E-state index contributed by atoms with van der Waals surface area (Å²) >= 11 is 18.1. The third-order valence-corrected chi connectivity index (χ3v) is 4.24. The number of carboxylic acid groups (broad SMARTS) is 1. The van der Waals surface area contributed by atoms with Crippen LogP contribution >= 0.6 is 34.8 Å². The van der Waals surface area contributed by atoms with Crippen LogP contribution in [0.4, 0.5) is 5.69 Å². The number of anilines is 1. The summed E-state index contributed by atoms with van der Waals surface area (Å²) in [5, 5.41) is 13.6. The van der Waals surface area contributed by atoms with Gasteiger partial charge in [0.05, 0.1) is 22.8 Å². The van der Waals surface area contributed by atoms with Gasteiger partial charge in [0.1, 0.15) is 11.5 Å². The first kappa shape index (κ1) is 17.7. The maximum Gasteiger partial charge on any atom is 0.335 e. The van der Waals surface area contributed by atoms with Crippen LogP contribution in [0.3, 0.4) is 0 Å². The van der Waals surface area contributed by atoms with Crippen LogP contribution in [0.15, 0.2) is 52.9 Å². The molecule has 0 amide bonds. The Balaban J connectivity index is 1.76. The van der Waals surface area contributed by atoms with Crippen molar-refractivity contribution in [3.8, 4) is 11.3 Å². The first-order valence-corrected chi connectivity index (χ1v) is 8.37. The van der Waals surface area contributed by atoms with Crippen LogP contribution in [0.1, 0.15) is 16.1 Å². The number of hydrogen-bond donors (Lipinski definition) is 2. The fourth-order valence-corrected chi connectivity index (χ4v) is 3.01. The SMILES string of the molecule is O=C(O)c1ccc(Cl)c(NCc2ccc(-c3cc(Cl)cc(Cl)c3)o2)c1. The van der Waals surface area contributed by atoms with Crippen LogP contribution < -0.4 is 5.32 Å². The van der Waals surface area contributed by atoms with E-state index in [1.807, 2.05) is 12.1 Å². The second-order valence-corrected chi connectivity index (χ2v) is 6.56. The number of aromatic carboxylic acids is 1. The lowest BCUT2D eigenvalue weighted by atomic mass is 10.2. The Labute approximate surface area is 158 Å². The normalized spacial score (nSPS) is 10.7. The number of benzene rings is 2. The molecule has 2 N–H and O–H groups in total. The highest BCUT2D eigenvalue weighted by Gasteiger charge is 2.10. The number of nitrogens with one attached hydrogen (secondary N) is 1. The smallest absolute Gasteiger partial charge is 0.335 e. The molecule has 0 saturated carbocycles. The van der Waals surface area contributed by atoms with Gasteiger partial charge in [-0.1, -0.05) is 34.8 Å². The Morgan fingerprint density at radius 2 is 1.72 bits per heavy atom. The molecule has 1 aromatic heterocycles. The molecule has 4 nitrogen and oxygen atoms in total. The van der Waals surface area contributed by atoms with E-state index in [0.717, 1.165) is 5.56 Å². The zero-order valence-corrected chi connectivity index (χ0v) is 15.0. The standard InChI is InChI=1S/C18H12Cl3NO3/c19-12-5-11(6-13(20)8-12)17-4-2-14(25-17)9-22-16-7-10(18(23)24)1-3-15(16)21/h1-8,22H,9H2,(H,23,24). The van der Waals surface area contributed by atoms with Crippen LogP contribution in [0.25, 0.3) is 11.3 Å². The van der Waals surface area contributed by atoms with Crippen LogP contribution in [-0.4, -0.2) is 11.1 Å². The van der Waals surface area contributed by atoms with E-state index < -0.39 is 5.97 Å². The van der Waals surface area contributed by atoms with Gasteiger partial charge >= 0.3 is 5.97 Å². The summed E-state index contributed by atoms with van der Waals surface area (Å²) in [6, 6.07) is 13.3. The van der Waals surface area contributed by atoms with Crippen molar-refractivity contribution < 1.29 is 14.3 Å². The average molecular weight is 397 g/mol.